The fourth-order valence-electron chi connectivity index (χ4n) is 4.20. The maximum atomic E-state index is 13.6. The van der Waals surface area contributed by atoms with Crippen molar-refractivity contribution in [2.45, 2.75) is 85.0 Å². The quantitative estimate of drug-likeness (QED) is 0.178. The molecule has 2 aromatic rings. The Morgan fingerprint density at radius 2 is 1.50 bits per heavy atom. The molecule has 0 bridgehead atoms. The van der Waals surface area contributed by atoms with E-state index in [2.05, 4.69) is 21.3 Å². The molecule has 0 saturated carbocycles. The number of nitrogens with one attached hydrogen (secondary N) is 4. The number of hydrogen-bond acceptors (Lipinski definition) is 7. The van der Waals surface area contributed by atoms with Gasteiger partial charge in [0.2, 0.25) is 17.7 Å². The largest absolute Gasteiger partial charge is 0.444 e. The summed E-state index contributed by atoms with van der Waals surface area (Å²) in [5, 5.41) is 21.8. The second kappa shape index (κ2) is 16.0. The summed E-state index contributed by atoms with van der Waals surface area (Å²) < 4.78 is 5.30. The van der Waals surface area contributed by atoms with Gasteiger partial charge in [0.05, 0.1) is 15.6 Å². The Bertz CT molecular complexity index is 1330. The number of anilines is 1. The molecule has 2 aromatic carbocycles. The third kappa shape index (κ3) is 11.8. The van der Waals surface area contributed by atoms with Gasteiger partial charge in [-0.1, -0.05) is 69.6 Å². The number of benzene rings is 2. The Morgan fingerprint density at radius 1 is 0.886 bits per heavy atom. The van der Waals surface area contributed by atoms with Crippen molar-refractivity contribution in [3.8, 4) is 0 Å². The first-order valence-electron chi connectivity index (χ1n) is 14.4. The molecule has 0 heterocycles. The molecular weight excluding hydrogens is 590 g/mol. The maximum absolute atomic E-state index is 13.6. The van der Waals surface area contributed by atoms with E-state index in [4.69, 9.17) is 16.3 Å². The summed E-state index contributed by atoms with van der Waals surface area (Å²) in [6.07, 6.45) is -0.399. The molecule has 13 heteroatoms. The first-order valence-corrected chi connectivity index (χ1v) is 14.7. The van der Waals surface area contributed by atoms with Crippen LogP contribution >= 0.6 is 11.6 Å². The van der Waals surface area contributed by atoms with Crippen LogP contribution in [-0.2, 0) is 25.5 Å². The first kappa shape index (κ1) is 36.0. The number of alkyl carbamates (subject to hydrolysis) is 1. The van der Waals surface area contributed by atoms with Gasteiger partial charge in [0.1, 0.15) is 23.7 Å². The van der Waals surface area contributed by atoms with Crippen LogP contribution in [-0.4, -0.2) is 52.5 Å². The fraction of sp³-hybridized carbons (Fsp3) is 0.484. The number of nitrogens with zero attached hydrogens (tertiary/aromatic N) is 1. The molecule has 0 spiro atoms. The number of rotatable bonds is 13. The Morgan fingerprint density at radius 3 is 2.02 bits per heavy atom. The molecule has 2 rings (SSSR count). The first-order chi connectivity index (χ1) is 20.5. The molecule has 0 aromatic heterocycles. The van der Waals surface area contributed by atoms with E-state index >= 15 is 0 Å². The van der Waals surface area contributed by atoms with E-state index < -0.39 is 52.5 Å². The molecule has 3 atom stereocenters. The molecule has 0 unspecified atom stereocenters. The Labute approximate surface area is 262 Å². The highest BCUT2D eigenvalue weighted by molar-refractivity contribution is 6.34. The van der Waals surface area contributed by atoms with Crippen molar-refractivity contribution in [2.24, 2.45) is 11.8 Å². The van der Waals surface area contributed by atoms with Gasteiger partial charge in [-0.3, -0.25) is 24.5 Å². The standard InChI is InChI=1S/C31H42ClN5O7/c1-18(2)15-24(35-29(40)26(19(3)4)36-30(41)44-31(5,6)7)27(38)34-25(16-20-11-9-8-10-12-20)28(39)33-23-14-13-21(37(42)43)17-22(23)32/h8-14,17-19,24-26H,15-16H2,1-7H3,(H,33,39)(H,34,38)(H,35,40)(H,36,41)/t24-,25-,26-/m0/s1. The molecule has 0 aliphatic heterocycles. The highest BCUT2D eigenvalue weighted by atomic mass is 35.5. The Balaban J connectivity index is 2.29. The van der Waals surface area contributed by atoms with E-state index in [0.29, 0.717) is 0 Å². The van der Waals surface area contributed by atoms with Crippen LogP contribution in [0.4, 0.5) is 16.2 Å². The topological polar surface area (TPSA) is 169 Å². The van der Waals surface area contributed by atoms with E-state index in [-0.39, 0.29) is 41.1 Å². The van der Waals surface area contributed by atoms with E-state index in [9.17, 15) is 29.3 Å². The second-order valence-corrected chi connectivity index (χ2v) is 12.6. The zero-order chi connectivity index (χ0) is 33.2. The minimum atomic E-state index is -1.09. The lowest BCUT2D eigenvalue weighted by atomic mass is 9.99. The number of carbonyl (C=O) groups excluding carboxylic acids is 4. The third-order valence-electron chi connectivity index (χ3n) is 6.30. The third-order valence-corrected chi connectivity index (χ3v) is 6.61. The summed E-state index contributed by atoms with van der Waals surface area (Å²) in [5.41, 5.74) is -0.117. The van der Waals surface area contributed by atoms with E-state index in [1.54, 1.807) is 58.9 Å². The molecule has 240 valence electrons. The van der Waals surface area contributed by atoms with Crippen molar-refractivity contribution in [2.75, 3.05) is 5.32 Å². The van der Waals surface area contributed by atoms with Gasteiger partial charge in [-0.2, -0.15) is 0 Å². The molecule has 0 radical (unpaired) electrons. The normalized spacial score (nSPS) is 13.4. The highest BCUT2D eigenvalue weighted by Gasteiger charge is 2.32. The lowest BCUT2D eigenvalue weighted by molar-refractivity contribution is -0.384. The fourth-order valence-corrected chi connectivity index (χ4v) is 4.43. The van der Waals surface area contributed by atoms with Gasteiger partial charge >= 0.3 is 6.09 Å². The van der Waals surface area contributed by atoms with Crippen LogP contribution in [0, 0.1) is 22.0 Å². The van der Waals surface area contributed by atoms with Crippen LogP contribution in [0.15, 0.2) is 48.5 Å². The van der Waals surface area contributed by atoms with Gasteiger partial charge in [0.15, 0.2) is 0 Å². The van der Waals surface area contributed by atoms with Gasteiger partial charge in [0, 0.05) is 18.6 Å². The molecule has 12 nitrogen and oxygen atoms in total. The van der Waals surface area contributed by atoms with Crippen LogP contribution in [0.5, 0.6) is 0 Å². The molecule has 4 amide bonds. The van der Waals surface area contributed by atoms with Gasteiger partial charge in [-0.15, -0.1) is 0 Å². The Hall–Kier alpha value is -4.19. The van der Waals surface area contributed by atoms with E-state index in [1.165, 1.54) is 12.1 Å². The van der Waals surface area contributed by atoms with Crippen molar-refractivity contribution in [3.63, 3.8) is 0 Å². The summed E-state index contributed by atoms with van der Waals surface area (Å²) in [4.78, 5) is 63.3. The lowest BCUT2D eigenvalue weighted by Gasteiger charge is -2.28. The SMILES string of the molecule is CC(C)C[C@H](NC(=O)[C@@H](NC(=O)OC(C)(C)C)C(C)C)C(=O)N[C@@H](Cc1ccccc1)C(=O)Nc1ccc([N+](=O)[O-])cc1Cl. The molecule has 44 heavy (non-hydrogen) atoms. The van der Waals surface area contributed by atoms with Crippen molar-refractivity contribution >= 4 is 46.8 Å². The zero-order valence-electron chi connectivity index (χ0n) is 26.1. The van der Waals surface area contributed by atoms with Crippen LogP contribution in [0.1, 0.15) is 60.5 Å². The number of carbonyl (C=O) groups is 4. The van der Waals surface area contributed by atoms with Crippen molar-refractivity contribution < 1.29 is 28.8 Å². The lowest BCUT2D eigenvalue weighted by Crippen LogP contribution is -2.58. The van der Waals surface area contributed by atoms with Crippen molar-refractivity contribution in [1.82, 2.24) is 16.0 Å². The predicted octanol–water partition coefficient (Wildman–Crippen LogP) is 4.99. The molecular formula is C31H42ClN5O7. The van der Waals surface area contributed by atoms with Crippen LogP contribution < -0.4 is 21.3 Å². The van der Waals surface area contributed by atoms with Crippen LogP contribution in [0.25, 0.3) is 0 Å². The number of hydrogen-bond donors (Lipinski definition) is 4. The summed E-state index contributed by atoms with van der Waals surface area (Å²) >= 11 is 6.19. The second-order valence-electron chi connectivity index (χ2n) is 12.2. The van der Waals surface area contributed by atoms with E-state index in [0.717, 1.165) is 11.6 Å². The minimum Gasteiger partial charge on any atom is -0.444 e. The molecule has 0 fully saturated rings. The van der Waals surface area contributed by atoms with Crippen LogP contribution in [0.2, 0.25) is 5.02 Å². The Kier molecular flexibility index (Phi) is 13.1. The number of nitro benzene ring substituents is 1. The minimum absolute atomic E-state index is 0.0114. The summed E-state index contributed by atoms with van der Waals surface area (Å²) in [6, 6.07) is 9.53. The smallest absolute Gasteiger partial charge is 0.408 e. The number of amides is 4. The number of halogens is 1. The van der Waals surface area contributed by atoms with E-state index in [1.807, 2.05) is 19.9 Å². The summed E-state index contributed by atoms with van der Waals surface area (Å²) in [5.74, 6) is -2.12. The number of nitro groups is 1. The molecule has 0 aliphatic rings. The van der Waals surface area contributed by atoms with Gasteiger partial charge in [-0.05, 0) is 50.7 Å². The average Bonchev–Trinajstić information content (AvgIpc) is 2.91. The van der Waals surface area contributed by atoms with Crippen molar-refractivity contribution in [3.05, 3.63) is 69.2 Å². The maximum Gasteiger partial charge on any atom is 0.408 e. The van der Waals surface area contributed by atoms with Crippen molar-refractivity contribution in [1.29, 1.82) is 0 Å². The highest BCUT2D eigenvalue weighted by Crippen LogP contribution is 2.27. The van der Waals surface area contributed by atoms with Crippen LogP contribution in [0.3, 0.4) is 0 Å². The summed E-state index contributed by atoms with van der Waals surface area (Å²) in [6.45, 7) is 12.4. The molecule has 0 saturated heterocycles. The van der Waals surface area contributed by atoms with Gasteiger partial charge in [0.25, 0.3) is 5.69 Å². The number of non-ortho nitro benzene ring substituents is 1. The average molecular weight is 632 g/mol. The van der Waals surface area contributed by atoms with Gasteiger partial charge < -0.3 is 26.0 Å². The monoisotopic (exact) mass is 631 g/mol. The molecule has 0 aliphatic carbocycles. The zero-order valence-corrected chi connectivity index (χ0v) is 26.9. The number of ether oxygens (including phenoxy) is 1. The van der Waals surface area contributed by atoms with Gasteiger partial charge in [-0.25, -0.2) is 4.79 Å². The predicted molar refractivity (Wildman–Crippen MR) is 168 cm³/mol. The summed E-state index contributed by atoms with van der Waals surface area (Å²) in [7, 11) is 0. The molecule has 4 N–H and O–H groups in total.